The number of carbonyl (C=O) groups is 2. The van der Waals surface area contributed by atoms with Crippen LogP contribution in [0.25, 0.3) is 0 Å². The molecule has 0 N–H and O–H groups in total. The van der Waals surface area contributed by atoms with E-state index in [0.29, 0.717) is 37.6 Å². The summed E-state index contributed by atoms with van der Waals surface area (Å²) in [7, 11) is 0. The number of nitrogens with zero attached hydrogens (tertiary/aromatic N) is 4. The molecule has 0 atom stereocenters. The third-order valence-corrected chi connectivity index (χ3v) is 6.31. The van der Waals surface area contributed by atoms with E-state index < -0.39 is 0 Å². The number of ether oxygens (including phenoxy) is 1. The van der Waals surface area contributed by atoms with Gasteiger partial charge in [-0.25, -0.2) is 4.98 Å². The first kappa shape index (κ1) is 20.8. The standard InChI is InChI=1S/C22H28N4O3S/c27-21(25-7-2-1-3-8-25)14-24-9-11-26(12-10-24)22(28)18-5-4-6-20(13-18)29-15-19-16-30-17-23-19/h4-6,13,16-17H,1-3,7-12,14-15H2. The predicted octanol–water partition coefficient (Wildman–Crippen LogP) is 2.49. The number of likely N-dealkylation sites (tertiary alicyclic amines) is 1. The Balaban J connectivity index is 1.26. The maximum atomic E-state index is 12.9. The van der Waals surface area contributed by atoms with E-state index in [4.69, 9.17) is 4.74 Å². The lowest BCUT2D eigenvalue weighted by Gasteiger charge is -2.36. The summed E-state index contributed by atoms with van der Waals surface area (Å²) in [5.41, 5.74) is 3.29. The lowest BCUT2D eigenvalue weighted by atomic mass is 10.1. The van der Waals surface area contributed by atoms with Crippen molar-refractivity contribution in [3.8, 4) is 5.75 Å². The molecule has 2 fully saturated rings. The lowest BCUT2D eigenvalue weighted by molar-refractivity contribution is -0.133. The minimum atomic E-state index is 0.0103. The molecule has 0 bridgehead atoms. The Morgan fingerprint density at radius 3 is 2.53 bits per heavy atom. The van der Waals surface area contributed by atoms with Crippen LogP contribution >= 0.6 is 11.3 Å². The van der Waals surface area contributed by atoms with Gasteiger partial charge in [-0.3, -0.25) is 14.5 Å². The van der Waals surface area contributed by atoms with Gasteiger partial charge in [0, 0.05) is 50.2 Å². The molecule has 0 spiro atoms. The summed E-state index contributed by atoms with van der Waals surface area (Å²) in [6.07, 6.45) is 3.45. The van der Waals surface area contributed by atoms with Crippen LogP contribution in [0.2, 0.25) is 0 Å². The summed E-state index contributed by atoms with van der Waals surface area (Å²) < 4.78 is 5.77. The van der Waals surface area contributed by atoms with Gasteiger partial charge in [-0.05, 0) is 37.5 Å². The Morgan fingerprint density at radius 1 is 1.00 bits per heavy atom. The number of thiazole rings is 1. The molecule has 0 aliphatic carbocycles. The molecule has 30 heavy (non-hydrogen) atoms. The van der Waals surface area contributed by atoms with Crippen LogP contribution < -0.4 is 4.74 Å². The molecule has 7 nitrogen and oxygen atoms in total. The molecule has 0 saturated carbocycles. The normalized spacial score (nSPS) is 17.7. The highest BCUT2D eigenvalue weighted by Gasteiger charge is 2.25. The third kappa shape index (κ3) is 5.37. The van der Waals surface area contributed by atoms with E-state index in [0.717, 1.165) is 44.7 Å². The van der Waals surface area contributed by atoms with Gasteiger partial charge in [0.1, 0.15) is 12.4 Å². The Morgan fingerprint density at radius 2 is 1.80 bits per heavy atom. The van der Waals surface area contributed by atoms with Gasteiger partial charge in [-0.1, -0.05) is 6.07 Å². The van der Waals surface area contributed by atoms with Crippen LogP contribution in [0.5, 0.6) is 5.75 Å². The van der Waals surface area contributed by atoms with Crippen LogP contribution in [0.15, 0.2) is 35.2 Å². The molecule has 0 radical (unpaired) electrons. The van der Waals surface area contributed by atoms with Crippen molar-refractivity contribution in [1.82, 2.24) is 19.7 Å². The van der Waals surface area contributed by atoms with Gasteiger partial charge in [-0.2, -0.15) is 0 Å². The molecule has 2 aliphatic heterocycles. The molecule has 2 aliphatic rings. The summed E-state index contributed by atoms with van der Waals surface area (Å²) in [6.45, 7) is 5.35. The summed E-state index contributed by atoms with van der Waals surface area (Å²) in [4.78, 5) is 35.6. The largest absolute Gasteiger partial charge is 0.487 e. The van der Waals surface area contributed by atoms with Gasteiger partial charge in [0.05, 0.1) is 17.7 Å². The second-order valence-electron chi connectivity index (χ2n) is 7.81. The maximum Gasteiger partial charge on any atom is 0.254 e. The maximum absolute atomic E-state index is 12.9. The van der Waals surface area contributed by atoms with Crippen molar-refractivity contribution in [2.75, 3.05) is 45.8 Å². The molecule has 8 heteroatoms. The van der Waals surface area contributed by atoms with Crippen molar-refractivity contribution in [3.63, 3.8) is 0 Å². The summed E-state index contributed by atoms with van der Waals surface area (Å²) in [5, 5.41) is 1.95. The highest BCUT2D eigenvalue weighted by Crippen LogP contribution is 2.18. The molecule has 160 valence electrons. The molecule has 1 aromatic carbocycles. The average Bonchev–Trinajstić information content (AvgIpc) is 3.32. The minimum absolute atomic E-state index is 0.0103. The van der Waals surface area contributed by atoms with Crippen LogP contribution in [-0.4, -0.2) is 77.3 Å². The average molecular weight is 429 g/mol. The number of piperidine rings is 1. The van der Waals surface area contributed by atoms with E-state index in [2.05, 4.69) is 9.88 Å². The predicted molar refractivity (Wildman–Crippen MR) is 116 cm³/mol. The van der Waals surface area contributed by atoms with Crippen molar-refractivity contribution in [2.45, 2.75) is 25.9 Å². The molecule has 4 rings (SSSR count). The fourth-order valence-corrected chi connectivity index (χ4v) is 4.45. The quantitative estimate of drug-likeness (QED) is 0.707. The third-order valence-electron chi connectivity index (χ3n) is 5.68. The SMILES string of the molecule is O=C(CN1CCN(C(=O)c2cccc(OCc3cscn3)c2)CC1)N1CCCCC1. The van der Waals surface area contributed by atoms with E-state index >= 15 is 0 Å². The topological polar surface area (TPSA) is 66.0 Å². The summed E-state index contributed by atoms with van der Waals surface area (Å²) >= 11 is 1.53. The zero-order valence-electron chi connectivity index (χ0n) is 17.2. The fourth-order valence-electron chi connectivity index (χ4n) is 3.91. The van der Waals surface area contributed by atoms with Crippen LogP contribution in [0, 0.1) is 0 Å². The summed E-state index contributed by atoms with van der Waals surface area (Å²) in [6, 6.07) is 7.32. The zero-order valence-corrected chi connectivity index (χ0v) is 18.0. The lowest BCUT2D eigenvalue weighted by Crippen LogP contribution is -2.52. The summed E-state index contributed by atoms with van der Waals surface area (Å²) in [5.74, 6) is 0.898. The van der Waals surface area contributed by atoms with Crippen LogP contribution in [0.3, 0.4) is 0 Å². The number of hydrogen-bond donors (Lipinski definition) is 0. The van der Waals surface area contributed by atoms with E-state index in [-0.39, 0.29) is 11.8 Å². The van der Waals surface area contributed by atoms with Crippen molar-refractivity contribution >= 4 is 23.2 Å². The van der Waals surface area contributed by atoms with Gasteiger partial charge >= 0.3 is 0 Å². The Hall–Kier alpha value is -2.45. The second kappa shape index (κ2) is 10.0. The van der Waals surface area contributed by atoms with E-state index in [9.17, 15) is 9.59 Å². The van der Waals surface area contributed by atoms with Gasteiger partial charge in [0.15, 0.2) is 0 Å². The Bertz CT molecular complexity index is 844. The van der Waals surface area contributed by atoms with Gasteiger partial charge < -0.3 is 14.5 Å². The minimum Gasteiger partial charge on any atom is -0.487 e. The molecule has 2 saturated heterocycles. The number of hydrogen-bond acceptors (Lipinski definition) is 6. The molecule has 3 heterocycles. The number of aromatic nitrogens is 1. The smallest absolute Gasteiger partial charge is 0.254 e. The highest BCUT2D eigenvalue weighted by atomic mass is 32.1. The van der Waals surface area contributed by atoms with Gasteiger partial charge in [0.2, 0.25) is 5.91 Å². The van der Waals surface area contributed by atoms with E-state index in [1.807, 2.05) is 33.4 Å². The first-order valence-electron chi connectivity index (χ1n) is 10.6. The number of carbonyl (C=O) groups excluding carboxylic acids is 2. The molecule has 0 unspecified atom stereocenters. The number of rotatable bonds is 6. The van der Waals surface area contributed by atoms with Gasteiger partial charge in [0.25, 0.3) is 5.91 Å². The van der Waals surface area contributed by atoms with Crippen LogP contribution in [-0.2, 0) is 11.4 Å². The Kier molecular flexibility index (Phi) is 6.96. The van der Waals surface area contributed by atoms with Crippen LogP contribution in [0.4, 0.5) is 0 Å². The van der Waals surface area contributed by atoms with Gasteiger partial charge in [-0.15, -0.1) is 11.3 Å². The first-order chi connectivity index (χ1) is 14.7. The fraction of sp³-hybridized carbons (Fsp3) is 0.500. The number of amides is 2. The van der Waals surface area contributed by atoms with E-state index in [1.54, 1.807) is 11.6 Å². The monoisotopic (exact) mass is 428 g/mol. The molecular formula is C22H28N4O3S. The van der Waals surface area contributed by atoms with Crippen molar-refractivity contribution in [2.24, 2.45) is 0 Å². The second-order valence-corrected chi connectivity index (χ2v) is 8.52. The molecule has 2 amide bonds. The van der Waals surface area contributed by atoms with Crippen LogP contribution in [0.1, 0.15) is 35.3 Å². The highest BCUT2D eigenvalue weighted by molar-refractivity contribution is 7.07. The van der Waals surface area contributed by atoms with E-state index in [1.165, 1.54) is 17.8 Å². The molecule has 1 aromatic heterocycles. The molecular weight excluding hydrogens is 400 g/mol. The van der Waals surface area contributed by atoms with Crippen molar-refractivity contribution in [3.05, 3.63) is 46.4 Å². The number of piperazine rings is 1. The molecule has 2 aromatic rings. The van der Waals surface area contributed by atoms with Crippen molar-refractivity contribution < 1.29 is 14.3 Å². The zero-order chi connectivity index (χ0) is 20.8. The number of benzene rings is 1. The first-order valence-corrected chi connectivity index (χ1v) is 11.5. The Labute approximate surface area is 181 Å². The van der Waals surface area contributed by atoms with Crippen molar-refractivity contribution in [1.29, 1.82) is 0 Å².